The maximum absolute atomic E-state index is 11.3. The molecule has 17 heavy (non-hydrogen) atoms. The van der Waals surface area contributed by atoms with Gasteiger partial charge in [0.2, 0.25) is 0 Å². The summed E-state index contributed by atoms with van der Waals surface area (Å²) in [6, 6.07) is 4.44. The van der Waals surface area contributed by atoms with E-state index >= 15 is 0 Å². The van der Waals surface area contributed by atoms with E-state index in [0.29, 0.717) is 6.54 Å². The Bertz CT molecular complexity index is 416. The number of nitrogens with one attached hydrogen (secondary N) is 2. The highest BCUT2D eigenvalue weighted by Crippen LogP contribution is 1.88. The zero-order chi connectivity index (χ0) is 12.7. The number of hydrogen-bond acceptors (Lipinski definition) is 3. The Balaban J connectivity index is 2.40. The van der Waals surface area contributed by atoms with E-state index in [1.807, 2.05) is 0 Å². The smallest absolute Gasteiger partial charge is 0.314 e. The molecule has 0 aromatic carbocycles. The SMILES string of the molecule is CCNC(=O)NCC(O)Cn1ccccc1=O. The molecule has 0 aliphatic heterocycles. The summed E-state index contributed by atoms with van der Waals surface area (Å²) in [5.41, 5.74) is -0.176. The lowest BCUT2D eigenvalue weighted by molar-refractivity contribution is 0.150. The van der Waals surface area contributed by atoms with Gasteiger partial charge in [-0.05, 0) is 13.0 Å². The van der Waals surface area contributed by atoms with Crippen LogP contribution in [0.2, 0.25) is 0 Å². The normalized spacial score (nSPS) is 11.9. The van der Waals surface area contributed by atoms with Crippen molar-refractivity contribution in [2.24, 2.45) is 0 Å². The fourth-order valence-corrected chi connectivity index (χ4v) is 1.34. The van der Waals surface area contributed by atoms with E-state index in [1.54, 1.807) is 25.3 Å². The van der Waals surface area contributed by atoms with Gasteiger partial charge in [-0.2, -0.15) is 0 Å². The Morgan fingerprint density at radius 1 is 1.47 bits per heavy atom. The number of pyridine rings is 1. The minimum atomic E-state index is -0.794. The number of aliphatic hydroxyl groups excluding tert-OH is 1. The number of carbonyl (C=O) groups excluding carboxylic acids is 1. The number of aliphatic hydroxyl groups is 1. The molecule has 94 valence electrons. The highest BCUT2D eigenvalue weighted by molar-refractivity contribution is 5.73. The monoisotopic (exact) mass is 239 g/mol. The maximum Gasteiger partial charge on any atom is 0.314 e. The molecule has 6 heteroatoms. The van der Waals surface area contributed by atoms with Crippen molar-refractivity contribution >= 4 is 6.03 Å². The third-order valence-corrected chi connectivity index (χ3v) is 2.14. The number of hydrogen-bond donors (Lipinski definition) is 3. The van der Waals surface area contributed by atoms with Crippen molar-refractivity contribution in [2.45, 2.75) is 19.6 Å². The summed E-state index contributed by atoms with van der Waals surface area (Å²) >= 11 is 0. The second-order valence-corrected chi connectivity index (χ2v) is 3.59. The van der Waals surface area contributed by atoms with E-state index < -0.39 is 6.10 Å². The predicted molar refractivity (Wildman–Crippen MR) is 63.8 cm³/mol. The van der Waals surface area contributed by atoms with Crippen molar-refractivity contribution < 1.29 is 9.90 Å². The van der Waals surface area contributed by atoms with Crippen molar-refractivity contribution in [3.63, 3.8) is 0 Å². The van der Waals surface area contributed by atoms with Gasteiger partial charge in [-0.3, -0.25) is 4.79 Å². The molecule has 1 rings (SSSR count). The third kappa shape index (κ3) is 4.69. The summed E-state index contributed by atoms with van der Waals surface area (Å²) in [5, 5.41) is 14.7. The molecule has 0 saturated heterocycles. The van der Waals surface area contributed by atoms with Crippen molar-refractivity contribution in [1.82, 2.24) is 15.2 Å². The molecule has 0 aliphatic carbocycles. The second kappa shape index (κ2) is 6.70. The molecular weight excluding hydrogens is 222 g/mol. The minimum Gasteiger partial charge on any atom is -0.389 e. The molecule has 3 N–H and O–H groups in total. The molecule has 1 unspecified atom stereocenters. The van der Waals surface area contributed by atoms with Gasteiger partial charge in [0.25, 0.3) is 5.56 Å². The molecule has 0 radical (unpaired) electrons. The first-order valence-electron chi connectivity index (χ1n) is 5.48. The first kappa shape index (κ1) is 13.2. The van der Waals surface area contributed by atoms with Crippen LogP contribution in [0.3, 0.4) is 0 Å². The predicted octanol–water partition coefficient (Wildman–Crippen LogP) is -0.472. The number of rotatable bonds is 5. The zero-order valence-corrected chi connectivity index (χ0v) is 9.72. The molecule has 1 aromatic rings. The Labute approximate surface area is 99.3 Å². The van der Waals surface area contributed by atoms with Crippen LogP contribution >= 0.6 is 0 Å². The fraction of sp³-hybridized carbons (Fsp3) is 0.455. The van der Waals surface area contributed by atoms with E-state index in [4.69, 9.17) is 0 Å². The van der Waals surface area contributed by atoms with Gasteiger partial charge in [0.1, 0.15) is 0 Å². The summed E-state index contributed by atoms with van der Waals surface area (Å²) in [7, 11) is 0. The number of amides is 2. The number of aromatic nitrogens is 1. The van der Waals surface area contributed by atoms with Gasteiger partial charge in [0.15, 0.2) is 0 Å². The van der Waals surface area contributed by atoms with Crippen LogP contribution in [0.1, 0.15) is 6.92 Å². The van der Waals surface area contributed by atoms with Gasteiger partial charge in [0.05, 0.1) is 12.6 Å². The average molecular weight is 239 g/mol. The van der Waals surface area contributed by atoms with Gasteiger partial charge in [-0.15, -0.1) is 0 Å². The van der Waals surface area contributed by atoms with E-state index in [-0.39, 0.29) is 24.7 Å². The maximum atomic E-state index is 11.3. The van der Waals surface area contributed by atoms with Crippen molar-refractivity contribution in [1.29, 1.82) is 0 Å². The molecule has 0 fully saturated rings. The molecule has 0 spiro atoms. The first-order valence-corrected chi connectivity index (χ1v) is 5.48. The van der Waals surface area contributed by atoms with Gasteiger partial charge in [0, 0.05) is 25.4 Å². The van der Waals surface area contributed by atoms with Crippen LogP contribution in [0, 0.1) is 0 Å². The van der Waals surface area contributed by atoms with Crippen LogP contribution < -0.4 is 16.2 Å². The van der Waals surface area contributed by atoms with Crippen LogP contribution in [0.15, 0.2) is 29.2 Å². The fourth-order valence-electron chi connectivity index (χ4n) is 1.34. The Hall–Kier alpha value is -1.82. The highest BCUT2D eigenvalue weighted by atomic mass is 16.3. The number of nitrogens with zero attached hydrogens (tertiary/aromatic N) is 1. The summed E-state index contributed by atoms with van der Waals surface area (Å²) < 4.78 is 1.39. The molecule has 0 aliphatic rings. The highest BCUT2D eigenvalue weighted by Gasteiger charge is 2.07. The molecule has 2 amide bonds. The molecule has 0 saturated carbocycles. The lowest BCUT2D eigenvalue weighted by atomic mass is 10.3. The van der Waals surface area contributed by atoms with Crippen LogP contribution in [0.5, 0.6) is 0 Å². The van der Waals surface area contributed by atoms with Gasteiger partial charge < -0.3 is 20.3 Å². The Kier molecular flexibility index (Phi) is 5.22. The zero-order valence-electron chi connectivity index (χ0n) is 9.72. The van der Waals surface area contributed by atoms with Crippen molar-refractivity contribution in [3.05, 3.63) is 34.7 Å². The lowest BCUT2D eigenvalue weighted by Gasteiger charge is -2.13. The van der Waals surface area contributed by atoms with Crippen LogP contribution in [-0.2, 0) is 6.54 Å². The number of carbonyl (C=O) groups is 1. The summed E-state index contributed by atoms with van der Waals surface area (Å²) in [5.74, 6) is 0. The molecule has 1 aromatic heterocycles. The van der Waals surface area contributed by atoms with E-state index in [1.165, 1.54) is 10.6 Å². The molecule has 0 bridgehead atoms. The van der Waals surface area contributed by atoms with E-state index in [0.717, 1.165) is 0 Å². The van der Waals surface area contributed by atoms with Gasteiger partial charge in [-0.25, -0.2) is 4.79 Å². The standard InChI is InChI=1S/C11H17N3O3/c1-2-12-11(17)13-7-9(15)8-14-6-4-3-5-10(14)16/h3-6,9,15H,2,7-8H2,1H3,(H2,12,13,17). The van der Waals surface area contributed by atoms with Crippen LogP contribution in [0.25, 0.3) is 0 Å². The summed E-state index contributed by atoms with van der Waals surface area (Å²) in [4.78, 5) is 22.4. The largest absolute Gasteiger partial charge is 0.389 e. The molecule has 6 nitrogen and oxygen atoms in total. The van der Waals surface area contributed by atoms with Crippen LogP contribution in [0.4, 0.5) is 4.79 Å². The molecule has 1 atom stereocenters. The minimum absolute atomic E-state index is 0.104. The quantitative estimate of drug-likeness (QED) is 0.649. The molecular formula is C11H17N3O3. The van der Waals surface area contributed by atoms with Crippen LogP contribution in [-0.4, -0.2) is 34.9 Å². The molecule has 1 heterocycles. The Morgan fingerprint density at radius 3 is 2.88 bits per heavy atom. The first-order chi connectivity index (χ1) is 8.13. The third-order valence-electron chi connectivity index (χ3n) is 2.14. The van der Waals surface area contributed by atoms with Crippen molar-refractivity contribution in [3.8, 4) is 0 Å². The topological polar surface area (TPSA) is 83.4 Å². The van der Waals surface area contributed by atoms with Gasteiger partial charge in [-0.1, -0.05) is 6.07 Å². The van der Waals surface area contributed by atoms with E-state index in [9.17, 15) is 14.7 Å². The van der Waals surface area contributed by atoms with Gasteiger partial charge >= 0.3 is 6.03 Å². The average Bonchev–Trinajstić information content (AvgIpc) is 2.30. The second-order valence-electron chi connectivity index (χ2n) is 3.59. The lowest BCUT2D eigenvalue weighted by Crippen LogP contribution is -2.41. The Morgan fingerprint density at radius 2 is 2.24 bits per heavy atom. The summed E-state index contributed by atoms with van der Waals surface area (Å²) in [6.45, 7) is 2.60. The van der Waals surface area contributed by atoms with E-state index in [2.05, 4.69) is 10.6 Å². The summed E-state index contributed by atoms with van der Waals surface area (Å²) in [6.07, 6.45) is 0.801. The van der Waals surface area contributed by atoms with Crippen molar-refractivity contribution in [2.75, 3.05) is 13.1 Å². The number of urea groups is 1.